The molecule has 7 heteroatoms. The van der Waals surface area contributed by atoms with Gasteiger partial charge in [0.15, 0.2) is 0 Å². The second-order valence-electron chi connectivity index (χ2n) is 5.80. The molecule has 0 atom stereocenters. The van der Waals surface area contributed by atoms with Gasteiger partial charge in [0, 0.05) is 31.8 Å². The van der Waals surface area contributed by atoms with E-state index in [-0.39, 0.29) is 17.0 Å². The van der Waals surface area contributed by atoms with Crippen molar-refractivity contribution >= 4 is 29.3 Å². The Kier molecular flexibility index (Phi) is 8.15. The molecule has 0 radical (unpaired) electrons. The molecule has 3 N–H and O–H groups in total. The second kappa shape index (κ2) is 9.84. The molecule has 0 saturated carbocycles. The van der Waals surface area contributed by atoms with Crippen LogP contribution >= 0.6 is 11.6 Å². The average molecular weight is 364 g/mol. The summed E-state index contributed by atoms with van der Waals surface area (Å²) in [5, 5.41) is 3.40. The SMILES string of the molecule is C=C/C(C)=C(\C=C(/C)Nc1cc(Cl)nc(N)n1)CN(C)C(=O)CCC. The molecule has 0 spiro atoms. The summed E-state index contributed by atoms with van der Waals surface area (Å²) in [5.41, 5.74) is 8.42. The van der Waals surface area contributed by atoms with Crippen molar-refractivity contribution in [3.05, 3.63) is 46.8 Å². The van der Waals surface area contributed by atoms with E-state index in [1.807, 2.05) is 26.8 Å². The van der Waals surface area contributed by atoms with Gasteiger partial charge < -0.3 is 16.0 Å². The van der Waals surface area contributed by atoms with Crippen LogP contribution in [0.1, 0.15) is 33.6 Å². The third kappa shape index (κ3) is 6.97. The van der Waals surface area contributed by atoms with Crippen LogP contribution in [0.25, 0.3) is 0 Å². The number of nitrogen functional groups attached to an aromatic ring is 1. The lowest BCUT2D eigenvalue weighted by Crippen LogP contribution is -2.28. The number of nitrogens with one attached hydrogen (secondary N) is 1. The quantitative estimate of drug-likeness (QED) is 0.542. The molecule has 0 aliphatic rings. The topological polar surface area (TPSA) is 84.1 Å². The van der Waals surface area contributed by atoms with Crippen molar-refractivity contribution in [2.24, 2.45) is 0 Å². The first-order chi connectivity index (χ1) is 11.8. The van der Waals surface area contributed by atoms with Crippen LogP contribution in [0.15, 0.2) is 41.6 Å². The predicted molar refractivity (Wildman–Crippen MR) is 104 cm³/mol. The highest BCUT2D eigenvalue weighted by Gasteiger charge is 2.10. The first-order valence-corrected chi connectivity index (χ1v) is 8.46. The number of likely N-dealkylation sites (N-methyl/N-ethyl adjacent to an activating group) is 1. The number of aromatic nitrogens is 2. The van der Waals surface area contributed by atoms with E-state index in [1.54, 1.807) is 24.1 Å². The number of anilines is 2. The second-order valence-corrected chi connectivity index (χ2v) is 6.19. The highest BCUT2D eigenvalue weighted by atomic mass is 35.5. The third-order valence-electron chi connectivity index (χ3n) is 3.54. The number of hydrogen-bond acceptors (Lipinski definition) is 5. The number of hydrogen-bond donors (Lipinski definition) is 2. The van der Waals surface area contributed by atoms with Crippen LogP contribution in [-0.2, 0) is 4.79 Å². The molecule has 25 heavy (non-hydrogen) atoms. The van der Waals surface area contributed by atoms with E-state index in [4.69, 9.17) is 17.3 Å². The molecular weight excluding hydrogens is 338 g/mol. The maximum atomic E-state index is 12.0. The molecule has 1 heterocycles. The van der Waals surface area contributed by atoms with Gasteiger partial charge in [-0.25, -0.2) is 4.98 Å². The first kappa shape index (κ1) is 20.7. The van der Waals surface area contributed by atoms with E-state index < -0.39 is 0 Å². The van der Waals surface area contributed by atoms with Gasteiger partial charge in [-0.1, -0.05) is 31.2 Å². The Morgan fingerprint density at radius 3 is 2.68 bits per heavy atom. The standard InChI is InChI=1S/C18H26ClN5O/c1-6-8-17(25)24(5)11-14(12(3)7-2)9-13(4)21-16-10-15(19)22-18(20)23-16/h7,9-10H,2,6,8,11H2,1,3-5H3,(H3,20,21,22,23)/b13-9+,14-12+. The maximum Gasteiger partial charge on any atom is 0.223 e. The zero-order valence-corrected chi connectivity index (χ0v) is 16.0. The van der Waals surface area contributed by atoms with Crippen LogP contribution in [0.3, 0.4) is 0 Å². The Hall–Kier alpha value is -2.34. The summed E-state index contributed by atoms with van der Waals surface area (Å²) in [5.74, 6) is 0.731. The maximum absolute atomic E-state index is 12.0. The fraction of sp³-hybridized carbons (Fsp3) is 0.389. The number of rotatable bonds is 8. The predicted octanol–water partition coefficient (Wildman–Crippen LogP) is 3.79. The molecule has 1 rings (SSSR count). The number of nitrogens with two attached hydrogens (primary N) is 1. The molecule has 0 bridgehead atoms. The number of allylic oxidation sites excluding steroid dienone is 3. The molecular formula is C18H26ClN5O. The summed E-state index contributed by atoms with van der Waals surface area (Å²) in [6.07, 6.45) is 5.10. The van der Waals surface area contributed by atoms with Gasteiger partial charge in [-0.05, 0) is 37.5 Å². The minimum atomic E-state index is 0.103. The number of halogens is 1. The summed E-state index contributed by atoms with van der Waals surface area (Å²) >= 11 is 5.89. The minimum Gasteiger partial charge on any atom is -0.368 e. The monoisotopic (exact) mass is 363 g/mol. The molecule has 1 aromatic rings. The van der Waals surface area contributed by atoms with E-state index in [9.17, 15) is 4.79 Å². The van der Waals surface area contributed by atoms with Crippen molar-refractivity contribution in [2.75, 3.05) is 24.6 Å². The fourth-order valence-electron chi connectivity index (χ4n) is 2.16. The Labute approximate surface area is 154 Å². The van der Waals surface area contributed by atoms with Crippen molar-refractivity contribution in [1.29, 1.82) is 0 Å². The van der Waals surface area contributed by atoms with Gasteiger partial charge in [-0.15, -0.1) is 0 Å². The largest absolute Gasteiger partial charge is 0.368 e. The summed E-state index contributed by atoms with van der Waals surface area (Å²) in [7, 11) is 1.80. The highest BCUT2D eigenvalue weighted by molar-refractivity contribution is 6.29. The molecule has 1 aromatic heterocycles. The van der Waals surface area contributed by atoms with Crippen LogP contribution in [0.2, 0.25) is 5.15 Å². The highest BCUT2D eigenvalue weighted by Crippen LogP contribution is 2.17. The molecule has 1 amide bonds. The van der Waals surface area contributed by atoms with E-state index in [0.717, 1.165) is 23.3 Å². The Balaban J connectivity index is 2.98. The first-order valence-electron chi connectivity index (χ1n) is 8.08. The number of carbonyl (C=O) groups excluding carboxylic acids is 1. The van der Waals surface area contributed by atoms with Gasteiger partial charge in [-0.2, -0.15) is 4.98 Å². The average Bonchev–Trinajstić information content (AvgIpc) is 2.52. The third-order valence-corrected chi connectivity index (χ3v) is 3.73. The fourth-order valence-corrected chi connectivity index (χ4v) is 2.35. The molecule has 0 aromatic carbocycles. The smallest absolute Gasteiger partial charge is 0.223 e. The Morgan fingerprint density at radius 1 is 1.44 bits per heavy atom. The molecule has 0 aliphatic heterocycles. The molecule has 6 nitrogen and oxygen atoms in total. The Bertz CT molecular complexity index is 676. The normalized spacial score (nSPS) is 12.4. The summed E-state index contributed by atoms with van der Waals surface area (Å²) < 4.78 is 0. The van der Waals surface area contributed by atoms with Crippen LogP contribution in [0.4, 0.5) is 11.8 Å². The van der Waals surface area contributed by atoms with E-state index in [1.165, 1.54) is 0 Å². The molecule has 0 fully saturated rings. The van der Waals surface area contributed by atoms with Gasteiger partial charge in [0.05, 0.1) is 0 Å². The zero-order chi connectivity index (χ0) is 19.0. The van der Waals surface area contributed by atoms with Crippen molar-refractivity contribution in [1.82, 2.24) is 14.9 Å². The van der Waals surface area contributed by atoms with Crippen LogP contribution < -0.4 is 11.1 Å². The summed E-state index contributed by atoms with van der Waals surface area (Å²) in [4.78, 5) is 21.7. The van der Waals surface area contributed by atoms with Crippen molar-refractivity contribution < 1.29 is 4.79 Å². The van der Waals surface area contributed by atoms with Gasteiger partial charge in [-0.3, -0.25) is 4.79 Å². The molecule has 0 aliphatic carbocycles. The lowest BCUT2D eigenvalue weighted by atomic mass is 10.1. The molecule has 0 unspecified atom stereocenters. The van der Waals surface area contributed by atoms with E-state index in [2.05, 4.69) is 21.9 Å². The molecule has 0 saturated heterocycles. The van der Waals surface area contributed by atoms with Crippen molar-refractivity contribution in [3.8, 4) is 0 Å². The van der Waals surface area contributed by atoms with E-state index in [0.29, 0.717) is 18.8 Å². The number of nitrogens with zero attached hydrogens (tertiary/aromatic N) is 3. The minimum absolute atomic E-state index is 0.103. The number of amides is 1. The lowest BCUT2D eigenvalue weighted by molar-refractivity contribution is -0.129. The van der Waals surface area contributed by atoms with E-state index >= 15 is 0 Å². The van der Waals surface area contributed by atoms with Gasteiger partial charge in [0.25, 0.3) is 0 Å². The summed E-state index contributed by atoms with van der Waals surface area (Å²) in [6.45, 7) is 10.2. The zero-order valence-electron chi connectivity index (χ0n) is 15.3. The van der Waals surface area contributed by atoms with Crippen LogP contribution in [0, 0.1) is 0 Å². The van der Waals surface area contributed by atoms with Gasteiger partial charge >= 0.3 is 0 Å². The van der Waals surface area contributed by atoms with Crippen molar-refractivity contribution in [2.45, 2.75) is 33.6 Å². The van der Waals surface area contributed by atoms with Crippen LogP contribution in [-0.4, -0.2) is 34.4 Å². The molecule has 136 valence electrons. The van der Waals surface area contributed by atoms with Crippen molar-refractivity contribution in [3.63, 3.8) is 0 Å². The van der Waals surface area contributed by atoms with Gasteiger partial charge in [0.2, 0.25) is 11.9 Å². The summed E-state index contributed by atoms with van der Waals surface area (Å²) in [6, 6.07) is 1.59. The van der Waals surface area contributed by atoms with Gasteiger partial charge in [0.1, 0.15) is 11.0 Å². The Morgan fingerprint density at radius 2 is 2.12 bits per heavy atom. The number of carbonyl (C=O) groups is 1. The van der Waals surface area contributed by atoms with Crippen LogP contribution in [0.5, 0.6) is 0 Å². The lowest BCUT2D eigenvalue weighted by Gasteiger charge is -2.19.